The lowest BCUT2D eigenvalue weighted by Gasteiger charge is -2.05. The second-order valence-electron chi connectivity index (χ2n) is 5.10. The Morgan fingerprint density at radius 1 is 1.00 bits per heavy atom. The summed E-state index contributed by atoms with van der Waals surface area (Å²) in [4.78, 5) is 0. The van der Waals surface area contributed by atoms with Crippen molar-refractivity contribution in [2.45, 2.75) is 13.8 Å². The van der Waals surface area contributed by atoms with Crippen LogP contribution in [-0.2, 0) is 0 Å². The summed E-state index contributed by atoms with van der Waals surface area (Å²) in [6, 6.07) is 14.3. The summed E-state index contributed by atoms with van der Waals surface area (Å²) in [5.41, 5.74) is 11.9. The number of nitrogens with zero attached hydrogens (tertiary/aromatic N) is 1. The normalized spacial score (nSPS) is 10.8. The number of nitrogen functional groups attached to an aromatic ring is 1. The molecule has 0 aliphatic carbocycles. The van der Waals surface area contributed by atoms with Crippen LogP contribution >= 0.6 is 15.9 Å². The van der Waals surface area contributed by atoms with Crippen LogP contribution in [0.15, 0.2) is 51.5 Å². The van der Waals surface area contributed by atoms with Crippen LogP contribution in [0.3, 0.4) is 0 Å². The van der Waals surface area contributed by atoms with Gasteiger partial charge in [-0.1, -0.05) is 63.0 Å². The highest BCUT2D eigenvalue weighted by atomic mass is 79.9. The highest BCUT2D eigenvalue weighted by Crippen LogP contribution is 2.37. The molecule has 0 fully saturated rings. The average Bonchev–Trinajstić information content (AvgIpc) is 2.85. The summed E-state index contributed by atoms with van der Waals surface area (Å²) in [6.07, 6.45) is 0. The summed E-state index contributed by atoms with van der Waals surface area (Å²) >= 11 is 3.55. The fourth-order valence-corrected chi connectivity index (χ4v) is 2.62. The summed E-state index contributed by atoms with van der Waals surface area (Å²) < 4.78 is 6.26. The molecule has 0 unspecified atom stereocenters. The number of aryl methyl sites for hydroxylation is 2. The minimum Gasteiger partial charge on any atom is -0.367 e. The standard InChI is InChI=1S/C17H15BrN2O/c1-10-3-6-12(7-4-10)15-16(20-21-17(15)19)13-8-5-11(2)14(18)9-13/h3-9H,19H2,1-2H3. The SMILES string of the molecule is Cc1ccc(-c2c(-c3ccc(C)c(Br)c3)noc2N)cc1. The fourth-order valence-electron chi connectivity index (χ4n) is 2.24. The van der Waals surface area contributed by atoms with E-state index in [9.17, 15) is 0 Å². The summed E-state index contributed by atoms with van der Waals surface area (Å²) in [6.45, 7) is 4.10. The lowest BCUT2D eigenvalue weighted by molar-refractivity contribution is 0.439. The first-order valence-electron chi connectivity index (χ1n) is 6.65. The Labute approximate surface area is 131 Å². The third-order valence-corrected chi connectivity index (χ3v) is 4.36. The maximum absolute atomic E-state index is 5.98. The third kappa shape index (κ3) is 2.59. The van der Waals surface area contributed by atoms with Gasteiger partial charge in [0.2, 0.25) is 5.88 Å². The molecule has 0 bridgehead atoms. The second-order valence-corrected chi connectivity index (χ2v) is 5.95. The maximum Gasteiger partial charge on any atom is 0.230 e. The zero-order valence-electron chi connectivity index (χ0n) is 11.9. The van der Waals surface area contributed by atoms with Crippen LogP contribution in [0, 0.1) is 13.8 Å². The van der Waals surface area contributed by atoms with E-state index in [1.807, 2.05) is 37.3 Å². The molecule has 0 aliphatic heterocycles. The van der Waals surface area contributed by atoms with Crippen molar-refractivity contribution in [2.75, 3.05) is 5.73 Å². The van der Waals surface area contributed by atoms with Crippen LogP contribution in [0.25, 0.3) is 22.4 Å². The van der Waals surface area contributed by atoms with E-state index in [0.29, 0.717) is 5.88 Å². The van der Waals surface area contributed by atoms with Crippen LogP contribution in [0.1, 0.15) is 11.1 Å². The number of halogens is 1. The second kappa shape index (κ2) is 5.37. The van der Waals surface area contributed by atoms with E-state index in [-0.39, 0.29) is 0 Å². The van der Waals surface area contributed by atoms with E-state index >= 15 is 0 Å². The molecular formula is C17H15BrN2O. The van der Waals surface area contributed by atoms with Crippen molar-refractivity contribution < 1.29 is 4.52 Å². The van der Waals surface area contributed by atoms with E-state index in [4.69, 9.17) is 10.3 Å². The molecule has 0 saturated heterocycles. The lowest BCUT2D eigenvalue weighted by atomic mass is 9.99. The van der Waals surface area contributed by atoms with Crippen molar-refractivity contribution in [3.8, 4) is 22.4 Å². The van der Waals surface area contributed by atoms with Gasteiger partial charge >= 0.3 is 0 Å². The van der Waals surface area contributed by atoms with Crippen LogP contribution < -0.4 is 5.73 Å². The predicted molar refractivity (Wildman–Crippen MR) is 89.0 cm³/mol. The van der Waals surface area contributed by atoms with E-state index in [2.05, 4.69) is 40.1 Å². The fraction of sp³-hybridized carbons (Fsp3) is 0.118. The largest absolute Gasteiger partial charge is 0.367 e. The molecule has 0 atom stereocenters. The van der Waals surface area contributed by atoms with Crippen molar-refractivity contribution in [2.24, 2.45) is 0 Å². The predicted octanol–water partition coefficient (Wildman–Crippen LogP) is 4.97. The van der Waals surface area contributed by atoms with Gasteiger partial charge < -0.3 is 10.3 Å². The van der Waals surface area contributed by atoms with Gasteiger partial charge in [-0.2, -0.15) is 0 Å². The smallest absolute Gasteiger partial charge is 0.230 e. The molecule has 0 amide bonds. The van der Waals surface area contributed by atoms with Gasteiger partial charge in [-0.3, -0.25) is 0 Å². The van der Waals surface area contributed by atoms with Gasteiger partial charge in [-0.05, 0) is 31.0 Å². The molecule has 21 heavy (non-hydrogen) atoms. The number of hydrogen-bond acceptors (Lipinski definition) is 3. The van der Waals surface area contributed by atoms with Gasteiger partial charge in [-0.15, -0.1) is 0 Å². The van der Waals surface area contributed by atoms with Crippen molar-refractivity contribution in [1.82, 2.24) is 5.16 Å². The Hall–Kier alpha value is -2.07. The molecule has 1 aromatic heterocycles. The molecule has 1 heterocycles. The van der Waals surface area contributed by atoms with E-state index < -0.39 is 0 Å². The molecule has 0 radical (unpaired) electrons. The summed E-state index contributed by atoms with van der Waals surface area (Å²) in [5, 5.41) is 4.13. The van der Waals surface area contributed by atoms with Crippen LogP contribution in [0.2, 0.25) is 0 Å². The highest BCUT2D eigenvalue weighted by Gasteiger charge is 2.17. The van der Waals surface area contributed by atoms with Gasteiger partial charge in [0, 0.05) is 10.0 Å². The van der Waals surface area contributed by atoms with Gasteiger partial charge in [0.15, 0.2) is 0 Å². The first-order chi connectivity index (χ1) is 10.1. The van der Waals surface area contributed by atoms with Gasteiger partial charge in [0.1, 0.15) is 5.69 Å². The van der Waals surface area contributed by atoms with Crippen LogP contribution in [0.4, 0.5) is 5.88 Å². The third-order valence-electron chi connectivity index (χ3n) is 3.50. The van der Waals surface area contributed by atoms with E-state index in [1.54, 1.807) is 0 Å². The Kier molecular flexibility index (Phi) is 3.55. The minimum absolute atomic E-state index is 0.338. The molecule has 0 aliphatic rings. The molecule has 2 N–H and O–H groups in total. The molecule has 4 heteroatoms. The molecule has 0 spiro atoms. The van der Waals surface area contributed by atoms with Crippen molar-refractivity contribution >= 4 is 21.8 Å². The maximum atomic E-state index is 5.98. The molecule has 3 nitrogen and oxygen atoms in total. The van der Waals surface area contributed by atoms with E-state index in [0.717, 1.165) is 26.9 Å². The Morgan fingerprint density at radius 2 is 1.67 bits per heavy atom. The highest BCUT2D eigenvalue weighted by molar-refractivity contribution is 9.10. The van der Waals surface area contributed by atoms with Crippen molar-refractivity contribution in [1.29, 1.82) is 0 Å². The zero-order chi connectivity index (χ0) is 15.0. The molecule has 3 rings (SSSR count). The van der Waals surface area contributed by atoms with Crippen molar-refractivity contribution in [3.05, 3.63) is 58.1 Å². The number of nitrogens with two attached hydrogens (primary N) is 1. The molecule has 3 aromatic rings. The Bertz CT molecular complexity index is 791. The Balaban J connectivity index is 2.16. The number of benzene rings is 2. The minimum atomic E-state index is 0.338. The van der Waals surface area contributed by atoms with Crippen LogP contribution in [-0.4, -0.2) is 5.16 Å². The molecule has 106 valence electrons. The lowest BCUT2D eigenvalue weighted by Crippen LogP contribution is -1.88. The van der Waals surface area contributed by atoms with Gasteiger partial charge in [0.25, 0.3) is 0 Å². The molecular weight excluding hydrogens is 328 g/mol. The molecule has 0 saturated carbocycles. The molecule has 2 aromatic carbocycles. The topological polar surface area (TPSA) is 52.0 Å². The number of anilines is 1. The summed E-state index contributed by atoms with van der Waals surface area (Å²) in [5.74, 6) is 0.338. The van der Waals surface area contributed by atoms with Gasteiger partial charge in [0.05, 0.1) is 5.56 Å². The zero-order valence-corrected chi connectivity index (χ0v) is 13.4. The van der Waals surface area contributed by atoms with Crippen molar-refractivity contribution in [3.63, 3.8) is 0 Å². The first-order valence-corrected chi connectivity index (χ1v) is 7.44. The Morgan fingerprint density at radius 3 is 2.33 bits per heavy atom. The van der Waals surface area contributed by atoms with Gasteiger partial charge in [-0.25, -0.2) is 0 Å². The number of hydrogen-bond donors (Lipinski definition) is 1. The van der Waals surface area contributed by atoms with E-state index in [1.165, 1.54) is 11.1 Å². The van der Waals surface area contributed by atoms with Crippen LogP contribution in [0.5, 0.6) is 0 Å². The number of rotatable bonds is 2. The quantitative estimate of drug-likeness (QED) is 0.715. The summed E-state index contributed by atoms with van der Waals surface area (Å²) in [7, 11) is 0. The average molecular weight is 343 g/mol. The number of aromatic nitrogens is 1. The monoisotopic (exact) mass is 342 g/mol. The first kappa shape index (κ1) is 13.9.